The summed E-state index contributed by atoms with van der Waals surface area (Å²) >= 11 is 0. The summed E-state index contributed by atoms with van der Waals surface area (Å²) in [6.07, 6.45) is -4.41. The summed E-state index contributed by atoms with van der Waals surface area (Å²) in [6, 6.07) is 9.29. The van der Waals surface area contributed by atoms with E-state index in [0.717, 1.165) is 23.4 Å². The van der Waals surface area contributed by atoms with Crippen LogP contribution in [0.5, 0.6) is 0 Å². The lowest BCUT2D eigenvalue weighted by Gasteiger charge is -2.13. The SMILES string of the molecule is CNc1cc(C(F)(F)F)cc(Nc2ccccc2C)n1. The Morgan fingerprint density at radius 1 is 1.05 bits per heavy atom. The molecule has 0 aliphatic heterocycles. The quantitative estimate of drug-likeness (QED) is 0.885. The van der Waals surface area contributed by atoms with Gasteiger partial charge in [0.2, 0.25) is 0 Å². The average Bonchev–Trinajstić information content (AvgIpc) is 2.40. The van der Waals surface area contributed by atoms with Gasteiger partial charge in [0.25, 0.3) is 0 Å². The van der Waals surface area contributed by atoms with Gasteiger partial charge in [-0.15, -0.1) is 0 Å². The highest BCUT2D eigenvalue weighted by molar-refractivity contribution is 5.62. The number of rotatable bonds is 3. The zero-order valence-corrected chi connectivity index (χ0v) is 11.0. The molecule has 0 unspecified atom stereocenters. The largest absolute Gasteiger partial charge is 0.416 e. The Hall–Kier alpha value is -2.24. The van der Waals surface area contributed by atoms with Gasteiger partial charge in [0, 0.05) is 12.7 Å². The van der Waals surface area contributed by atoms with Gasteiger partial charge in [-0.05, 0) is 30.7 Å². The molecule has 0 fully saturated rings. The molecular weight excluding hydrogens is 267 g/mol. The fourth-order valence-electron chi connectivity index (χ4n) is 1.74. The van der Waals surface area contributed by atoms with E-state index in [1.807, 2.05) is 25.1 Å². The first-order valence-corrected chi connectivity index (χ1v) is 6.00. The molecule has 3 nitrogen and oxygen atoms in total. The van der Waals surface area contributed by atoms with Gasteiger partial charge in [-0.1, -0.05) is 18.2 Å². The minimum Gasteiger partial charge on any atom is -0.373 e. The maximum Gasteiger partial charge on any atom is 0.416 e. The molecule has 0 saturated carbocycles. The van der Waals surface area contributed by atoms with Crippen LogP contribution in [-0.2, 0) is 6.18 Å². The van der Waals surface area contributed by atoms with Crippen molar-refractivity contribution in [3.63, 3.8) is 0 Å². The van der Waals surface area contributed by atoms with Crippen molar-refractivity contribution in [2.45, 2.75) is 13.1 Å². The highest BCUT2D eigenvalue weighted by Crippen LogP contribution is 2.32. The Bertz CT molecular complexity index is 609. The molecule has 1 aromatic heterocycles. The molecule has 0 aliphatic rings. The molecule has 0 spiro atoms. The van der Waals surface area contributed by atoms with Crippen molar-refractivity contribution in [1.82, 2.24) is 4.98 Å². The molecule has 0 bridgehead atoms. The summed E-state index contributed by atoms with van der Waals surface area (Å²) in [5, 5.41) is 5.54. The molecule has 2 N–H and O–H groups in total. The van der Waals surface area contributed by atoms with Gasteiger partial charge < -0.3 is 10.6 Å². The third-order valence-electron chi connectivity index (χ3n) is 2.82. The van der Waals surface area contributed by atoms with Crippen LogP contribution in [0.15, 0.2) is 36.4 Å². The second-order valence-corrected chi connectivity index (χ2v) is 4.31. The van der Waals surface area contributed by atoms with Crippen molar-refractivity contribution in [1.29, 1.82) is 0 Å². The van der Waals surface area contributed by atoms with Crippen molar-refractivity contribution in [2.75, 3.05) is 17.7 Å². The van der Waals surface area contributed by atoms with Crippen LogP contribution >= 0.6 is 0 Å². The number of halogens is 3. The molecule has 0 amide bonds. The standard InChI is InChI=1S/C14H14F3N3/c1-9-5-3-4-6-11(9)19-13-8-10(14(15,16)17)7-12(18-2)20-13/h3-8H,1-2H3,(H2,18,19,20). The Morgan fingerprint density at radius 3 is 2.30 bits per heavy atom. The number of para-hydroxylation sites is 1. The molecule has 0 saturated heterocycles. The fraction of sp³-hybridized carbons (Fsp3) is 0.214. The van der Waals surface area contributed by atoms with Crippen LogP contribution < -0.4 is 10.6 Å². The summed E-state index contributed by atoms with van der Waals surface area (Å²) in [6.45, 7) is 1.87. The van der Waals surface area contributed by atoms with Gasteiger partial charge in [0.15, 0.2) is 0 Å². The van der Waals surface area contributed by atoms with E-state index in [2.05, 4.69) is 15.6 Å². The predicted octanol–water partition coefficient (Wildman–Crippen LogP) is 4.19. The number of hydrogen-bond donors (Lipinski definition) is 2. The van der Waals surface area contributed by atoms with E-state index < -0.39 is 11.7 Å². The van der Waals surface area contributed by atoms with E-state index in [1.54, 1.807) is 6.07 Å². The van der Waals surface area contributed by atoms with Crippen molar-refractivity contribution < 1.29 is 13.2 Å². The summed E-state index contributed by atoms with van der Waals surface area (Å²) in [5.74, 6) is 0.314. The van der Waals surface area contributed by atoms with Gasteiger partial charge in [0.1, 0.15) is 11.6 Å². The first-order valence-electron chi connectivity index (χ1n) is 6.00. The van der Waals surface area contributed by atoms with E-state index in [4.69, 9.17) is 0 Å². The highest BCUT2D eigenvalue weighted by Gasteiger charge is 2.31. The number of hydrogen-bond acceptors (Lipinski definition) is 3. The predicted molar refractivity (Wildman–Crippen MR) is 73.2 cm³/mol. The Kier molecular flexibility index (Phi) is 3.83. The van der Waals surface area contributed by atoms with Crippen LogP contribution in [0.4, 0.5) is 30.5 Å². The molecule has 1 aromatic carbocycles. The number of aromatic nitrogens is 1. The van der Waals surface area contributed by atoms with Crippen molar-refractivity contribution >= 4 is 17.3 Å². The third-order valence-corrected chi connectivity index (χ3v) is 2.82. The summed E-state index contributed by atoms with van der Waals surface area (Å²) < 4.78 is 38.5. The topological polar surface area (TPSA) is 37.0 Å². The Balaban J connectivity index is 2.39. The lowest BCUT2D eigenvalue weighted by molar-refractivity contribution is -0.137. The lowest BCUT2D eigenvalue weighted by Crippen LogP contribution is -2.08. The normalized spacial score (nSPS) is 11.2. The summed E-state index contributed by atoms with van der Waals surface area (Å²) in [7, 11) is 1.53. The Labute approximate surface area is 114 Å². The van der Waals surface area contributed by atoms with E-state index in [0.29, 0.717) is 0 Å². The highest BCUT2D eigenvalue weighted by atomic mass is 19.4. The Morgan fingerprint density at radius 2 is 1.70 bits per heavy atom. The van der Waals surface area contributed by atoms with Crippen LogP contribution in [0.2, 0.25) is 0 Å². The lowest BCUT2D eigenvalue weighted by atomic mass is 10.2. The van der Waals surface area contributed by atoms with Crippen molar-refractivity contribution in [3.05, 3.63) is 47.5 Å². The summed E-state index contributed by atoms with van der Waals surface area (Å²) in [5.41, 5.74) is 0.909. The van der Waals surface area contributed by atoms with E-state index >= 15 is 0 Å². The molecule has 0 atom stereocenters. The van der Waals surface area contributed by atoms with Gasteiger partial charge in [0.05, 0.1) is 5.56 Å². The number of anilines is 3. The molecule has 20 heavy (non-hydrogen) atoms. The number of nitrogens with zero attached hydrogens (tertiary/aromatic N) is 1. The molecule has 2 rings (SSSR count). The summed E-state index contributed by atoms with van der Waals surface area (Å²) in [4.78, 5) is 4.08. The minimum atomic E-state index is -4.41. The van der Waals surface area contributed by atoms with Crippen LogP contribution in [0, 0.1) is 6.92 Å². The fourth-order valence-corrected chi connectivity index (χ4v) is 1.74. The van der Waals surface area contributed by atoms with Gasteiger partial charge in [-0.3, -0.25) is 0 Å². The minimum absolute atomic E-state index is 0.151. The van der Waals surface area contributed by atoms with E-state index in [-0.39, 0.29) is 11.6 Å². The van der Waals surface area contributed by atoms with Crippen LogP contribution in [0.3, 0.4) is 0 Å². The molecule has 106 valence electrons. The van der Waals surface area contributed by atoms with E-state index in [1.165, 1.54) is 7.05 Å². The second-order valence-electron chi connectivity index (χ2n) is 4.31. The number of alkyl halides is 3. The molecule has 0 radical (unpaired) electrons. The van der Waals surface area contributed by atoms with Gasteiger partial charge in [-0.25, -0.2) is 4.98 Å². The first kappa shape index (κ1) is 14.2. The molecule has 0 aliphatic carbocycles. The number of benzene rings is 1. The molecule has 6 heteroatoms. The average molecular weight is 281 g/mol. The second kappa shape index (κ2) is 5.40. The molecule has 2 aromatic rings. The van der Waals surface area contributed by atoms with Gasteiger partial charge in [-0.2, -0.15) is 13.2 Å². The van der Waals surface area contributed by atoms with Crippen LogP contribution in [0.25, 0.3) is 0 Å². The smallest absolute Gasteiger partial charge is 0.373 e. The third kappa shape index (κ3) is 3.20. The molecule has 1 heterocycles. The zero-order chi connectivity index (χ0) is 14.8. The molecular formula is C14H14F3N3. The van der Waals surface area contributed by atoms with E-state index in [9.17, 15) is 13.2 Å². The van der Waals surface area contributed by atoms with Gasteiger partial charge >= 0.3 is 6.18 Å². The zero-order valence-electron chi connectivity index (χ0n) is 11.0. The maximum absolute atomic E-state index is 12.8. The van der Waals surface area contributed by atoms with Crippen molar-refractivity contribution in [2.24, 2.45) is 0 Å². The number of nitrogens with one attached hydrogen (secondary N) is 2. The van der Waals surface area contributed by atoms with Crippen LogP contribution in [-0.4, -0.2) is 12.0 Å². The number of aryl methyl sites for hydroxylation is 1. The van der Waals surface area contributed by atoms with Crippen molar-refractivity contribution in [3.8, 4) is 0 Å². The monoisotopic (exact) mass is 281 g/mol. The first-order chi connectivity index (χ1) is 9.40. The number of pyridine rings is 1. The maximum atomic E-state index is 12.8. The van der Waals surface area contributed by atoms with Crippen LogP contribution in [0.1, 0.15) is 11.1 Å².